The number of hydrogen-bond acceptors (Lipinski definition) is 10. The number of aromatic hydroxyl groups is 4. The number of aryl methyl sites for hydroxylation is 6. The molecule has 4 N–H and O–H groups in total. The van der Waals surface area contributed by atoms with Gasteiger partial charge in [0.25, 0.3) is 0 Å². The Kier molecular flexibility index (Phi) is 36.3. The molecule has 0 bridgehead atoms. The van der Waals surface area contributed by atoms with Crippen LogP contribution in [-0.4, -0.2) is 43.8 Å². The second kappa shape index (κ2) is 40.2. The summed E-state index contributed by atoms with van der Waals surface area (Å²) in [6.07, 6.45) is 30.7. The van der Waals surface area contributed by atoms with Gasteiger partial charge in [0.2, 0.25) is 0 Å². The number of carbonyl (C=O) groups excluding carboxylic acids is 2. The molecule has 0 radical (unpaired) electrons. The fourth-order valence-electron chi connectivity index (χ4n) is 8.89. The Labute approximate surface area is 462 Å². The molecule has 0 amide bonds. The van der Waals surface area contributed by atoms with E-state index in [1.54, 1.807) is 0 Å². The van der Waals surface area contributed by atoms with Crippen LogP contribution in [0.5, 0.6) is 23.0 Å². The molecular weight excluding hydrogens is 983 g/mol. The van der Waals surface area contributed by atoms with Crippen molar-refractivity contribution in [1.29, 1.82) is 0 Å². The molecule has 0 saturated heterocycles. The minimum Gasteiger partial charge on any atom is -0.545 e. The number of aromatic carboxylic acids is 2. The maximum atomic E-state index is 10.8. The summed E-state index contributed by atoms with van der Waals surface area (Å²) in [4.78, 5) is 32.6. The second-order valence-electron chi connectivity index (χ2n) is 19.9. The smallest absolute Gasteiger partial charge is 0.545 e. The van der Waals surface area contributed by atoms with E-state index in [-0.39, 0.29) is 27.6 Å². The maximum absolute atomic E-state index is 10.8. The fraction of sp³-hybridized carbons (Fsp3) is 0.562. The molecule has 0 saturated carbocycles. The number of rotatable bonds is 33. The molecule has 0 aliphatic carbocycles. The van der Waals surface area contributed by atoms with Crippen molar-refractivity contribution in [2.24, 2.45) is 9.98 Å². The number of carboxylic acids is 2. The number of phenols is 4. The number of carboxylic acid groups (broad SMARTS) is 2. The van der Waals surface area contributed by atoms with E-state index < -0.39 is 34.9 Å². The molecule has 0 atom stereocenters. The van der Waals surface area contributed by atoms with Crippen LogP contribution in [-0.2, 0) is 55.0 Å². The van der Waals surface area contributed by atoms with Crippen LogP contribution in [0.2, 0.25) is 0 Å². The molecule has 0 unspecified atom stereocenters. The number of aliphatic imine (C=N–C) groups is 2. The summed E-state index contributed by atoms with van der Waals surface area (Å²) in [7, 11) is 0. The van der Waals surface area contributed by atoms with E-state index in [9.17, 15) is 40.2 Å². The van der Waals surface area contributed by atoms with Gasteiger partial charge in [-0.25, -0.2) is 0 Å². The van der Waals surface area contributed by atoms with Crippen molar-refractivity contribution in [3.63, 3.8) is 0 Å². The molecule has 0 spiro atoms. The van der Waals surface area contributed by atoms with Crippen LogP contribution >= 0.6 is 0 Å². The predicted octanol–water partition coefficient (Wildman–Crippen LogP) is 15.4. The van der Waals surface area contributed by atoms with Crippen LogP contribution < -0.4 is 10.2 Å². The van der Waals surface area contributed by atoms with Crippen molar-refractivity contribution in [1.82, 2.24) is 0 Å². The van der Waals surface area contributed by atoms with Crippen LogP contribution in [0.25, 0.3) is 0 Å². The molecule has 0 aliphatic rings. The van der Waals surface area contributed by atoms with E-state index in [4.69, 9.17) is 9.98 Å². The maximum Gasteiger partial charge on any atom is 2.00 e. The molecule has 10 nitrogen and oxygen atoms in total. The van der Waals surface area contributed by atoms with Gasteiger partial charge in [-0.2, -0.15) is 0 Å². The van der Waals surface area contributed by atoms with Gasteiger partial charge in [-0.05, 0) is 173 Å². The minimum atomic E-state index is -1.46. The first-order chi connectivity index (χ1) is 35.7. The molecule has 0 aromatic heterocycles. The van der Waals surface area contributed by atoms with Crippen molar-refractivity contribution < 1.29 is 56.7 Å². The van der Waals surface area contributed by atoms with Gasteiger partial charge in [0.15, 0.2) is 23.0 Å². The summed E-state index contributed by atoms with van der Waals surface area (Å²) in [6.45, 7) is 17.8. The van der Waals surface area contributed by atoms with Crippen LogP contribution in [0.4, 0.5) is 11.4 Å². The summed E-state index contributed by atoms with van der Waals surface area (Å²) < 4.78 is 0. The quantitative estimate of drug-likeness (QED) is 0.0157. The molecule has 418 valence electrons. The normalized spacial score (nSPS) is 11.3. The Hall–Kier alpha value is -5.15. The molecule has 0 heterocycles. The molecule has 4 aromatic carbocycles. The van der Waals surface area contributed by atoms with E-state index in [0.29, 0.717) is 24.0 Å². The summed E-state index contributed by atoms with van der Waals surface area (Å²) in [5.74, 6) is -4.99. The number of benzene rings is 4. The van der Waals surface area contributed by atoms with Crippen LogP contribution in [0.15, 0.2) is 70.6 Å². The largest absolute Gasteiger partial charge is 2.00 e. The van der Waals surface area contributed by atoms with Crippen LogP contribution in [0, 0.1) is 0 Å². The topological polar surface area (TPSA) is 186 Å². The molecule has 4 aromatic rings. The molecular formula is C64H94N2NiO8. The Morgan fingerprint density at radius 1 is 0.387 bits per heavy atom. The SMILES string of the molecule is CCCCCc1cc(CCCCC)cc(N=C(CCCC)C(CCCC)=Nc2cc(CCCC)cc(CCCC)c2)c1.CCCCCc1ccc(O)c(O)c1C(=O)[O-].CCCCCc1ccc(O)c(O)c1C(=O)[O-].[Ni+2]. The van der Waals surface area contributed by atoms with Gasteiger partial charge in [-0.15, -0.1) is 0 Å². The van der Waals surface area contributed by atoms with E-state index in [2.05, 4.69) is 77.9 Å². The first-order valence-electron chi connectivity index (χ1n) is 28.6. The van der Waals surface area contributed by atoms with Crippen molar-refractivity contribution in [3.8, 4) is 23.0 Å². The number of carbonyl (C=O) groups is 2. The van der Waals surface area contributed by atoms with Crippen LogP contribution in [0.3, 0.4) is 0 Å². The zero-order valence-corrected chi connectivity index (χ0v) is 48.2. The monoisotopic (exact) mass is 1080 g/mol. The van der Waals surface area contributed by atoms with Crippen molar-refractivity contribution >= 4 is 34.7 Å². The average molecular weight is 1080 g/mol. The Bertz CT molecular complexity index is 2190. The molecule has 75 heavy (non-hydrogen) atoms. The second-order valence-corrected chi connectivity index (χ2v) is 19.9. The van der Waals surface area contributed by atoms with Gasteiger partial charge in [0.1, 0.15) is 0 Å². The first-order valence-corrected chi connectivity index (χ1v) is 28.6. The van der Waals surface area contributed by atoms with E-state index in [0.717, 1.165) is 101 Å². The average Bonchev–Trinajstić information content (AvgIpc) is 3.37. The van der Waals surface area contributed by atoms with Gasteiger partial charge in [-0.3, -0.25) is 9.98 Å². The van der Waals surface area contributed by atoms with E-state index in [1.807, 2.05) is 13.8 Å². The van der Waals surface area contributed by atoms with Gasteiger partial charge in [-0.1, -0.05) is 157 Å². The molecule has 11 heteroatoms. The van der Waals surface area contributed by atoms with Crippen molar-refractivity contribution in [3.05, 3.63) is 105 Å². The van der Waals surface area contributed by atoms with Gasteiger partial charge in [0.05, 0.1) is 34.7 Å². The first kappa shape index (κ1) is 67.9. The Balaban J connectivity index is 0.000000692. The van der Waals surface area contributed by atoms with Gasteiger partial charge < -0.3 is 40.2 Å². The molecule has 4 rings (SSSR count). The standard InChI is InChI=1S/C40H64N2.2C12H16O4.Ni/c1-7-13-19-23-35-28-36(24-20-14-8-2)32-38(31-35)42-40(26-18-12-6)39(25-17-11-5)41-37-29-33(21-15-9-3)27-34(30-37)22-16-10-4;2*1-2-3-4-5-8-6-7-9(13)11(14)10(8)12(15)16;/h27-32H,7-26H2,1-6H3;2*6-7,13-14H,2-5H2,1H3,(H,15,16);/q;;;+2/p-2. The van der Waals surface area contributed by atoms with Gasteiger partial charge >= 0.3 is 16.5 Å². The molecule has 0 aliphatic heterocycles. The summed E-state index contributed by atoms with van der Waals surface area (Å²) in [5.41, 5.74) is 10.9. The zero-order chi connectivity index (χ0) is 54.7. The van der Waals surface area contributed by atoms with Gasteiger partial charge in [0, 0.05) is 11.1 Å². The molecule has 0 fully saturated rings. The van der Waals surface area contributed by atoms with Crippen molar-refractivity contribution in [2.75, 3.05) is 0 Å². The zero-order valence-electron chi connectivity index (χ0n) is 47.2. The minimum absolute atomic E-state index is 0. The summed E-state index contributed by atoms with van der Waals surface area (Å²) >= 11 is 0. The van der Waals surface area contributed by atoms with E-state index in [1.165, 1.54) is 135 Å². The summed E-state index contributed by atoms with van der Waals surface area (Å²) in [5, 5.41) is 59.0. The van der Waals surface area contributed by atoms with Crippen LogP contribution in [0.1, 0.15) is 251 Å². The Morgan fingerprint density at radius 3 is 0.947 bits per heavy atom. The fourth-order valence-corrected chi connectivity index (χ4v) is 8.89. The number of unbranched alkanes of at least 4 members (excludes halogenated alkanes) is 12. The summed E-state index contributed by atoms with van der Waals surface area (Å²) in [6, 6.07) is 20.0. The van der Waals surface area contributed by atoms with Crippen molar-refractivity contribution in [2.45, 2.75) is 235 Å². The number of nitrogens with zero attached hydrogens (tertiary/aromatic N) is 2. The third-order valence-corrected chi connectivity index (χ3v) is 13.2. The van der Waals surface area contributed by atoms with E-state index >= 15 is 0 Å². The third kappa shape index (κ3) is 26.0. The number of phenolic OH excluding ortho intramolecular Hbond substituents is 2. The predicted molar refractivity (Wildman–Crippen MR) is 304 cm³/mol. The number of hydrogen-bond donors (Lipinski definition) is 4. The third-order valence-electron chi connectivity index (χ3n) is 13.2. The Morgan fingerprint density at radius 2 is 0.667 bits per heavy atom.